The van der Waals surface area contributed by atoms with Gasteiger partial charge in [0.2, 0.25) is 5.95 Å². The van der Waals surface area contributed by atoms with E-state index in [9.17, 15) is 4.79 Å². The van der Waals surface area contributed by atoms with Crippen LogP contribution in [-0.4, -0.2) is 65.5 Å². The van der Waals surface area contributed by atoms with E-state index in [2.05, 4.69) is 44.2 Å². The molecule has 1 aromatic carbocycles. The number of hydrogen-bond donors (Lipinski definition) is 2. The van der Waals surface area contributed by atoms with E-state index in [-0.39, 0.29) is 35.9 Å². The summed E-state index contributed by atoms with van der Waals surface area (Å²) in [5, 5.41) is 6.41. The number of rotatable bonds is 7. The average molecular weight is 551 g/mol. The lowest BCUT2D eigenvalue weighted by Crippen LogP contribution is -2.52. The van der Waals surface area contributed by atoms with Crippen molar-refractivity contribution in [3.8, 4) is 0 Å². The largest absolute Gasteiger partial charge is 0.357 e. The third-order valence-electron chi connectivity index (χ3n) is 5.34. The van der Waals surface area contributed by atoms with Gasteiger partial charge in [-0.1, -0.05) is 19.1 Å². The van der Waals surface area contributed by atoms with Crippen molar-refractivity contribution in [1.82, 2.24) is 25.5 Å². The van der Waals surface area contributed by atoms with E-state index >= 15 is 0 Å². The lowest BCUT2D eigenvalue weighted by molar-refractivity contribution is 0.0939. The van der Waals surface area contributed by atoms with Gasteiger partial charge in [-0.25, -0.2) is 15.0 Å². The Labute approximate surface area is 207 Å². The van der Waals surface area contributed by atoms with Gasteiger partial charge in [0.1, 0.15) is 0 Å². The second kappa shape index (κ2) is 13.2. The zero-order chi connectivity index (χ0) is 22.1. The molecule has 0 spiro atoms. The smallest absolute Gasteiger partial charge is 0.251 e. The molecule has 0 bridgehead atoms. The van der Waals surface area contributed by atoms with Crippen LogP contribution in [0.3, 0.4) is 0 Å². The Morgan fingerprint density at radius 2 is 1.84 bits per heavy atom. The summed E-state index contributed by atoms with van der Waals surface area (Å²) in [6.45, 7) is 10.9. The van der Waals surface area contributed by atoms with Crippen LogP contribution in [0, 0.1) is 0 Å². The average Bonchev–Trinajstić information content (AvgIpc) is 2.82. The minimum Gasteiger partial charge on any atom is -0.357 e. The maximum absolute atomic E-state index is 12.4. The fraction of sp³-hybridized carbons (Fsp3) is 0.478. The predicted molar refractivity (Wildman–Crippen MR) is 140 cm³/mol. The van der Waals surface area contributed by atoms with Crippen molar-refractivity contribution in [2.24, 2.45) is 4.99 Å². The molecule has 2 aromatic rings. The molecule has 1 aliphatic heterocycles. The van der Waals surface area contributed by atoms with Gasteiger partial charge in [-0.15, -0.1) is 24.0 Å². The van der Waals surface area contributed by atoms with Crippen molar-refractivity contribution in [3.63, 3.8) is 0 Å². The summed E-state index contributed by atoms with van der Waals surface area (Å²) in [4.78, 5) is 30.4. The minimum absolute atomic E-state index is 0. The normalized spacial score (nSPS) is 15.0. The highest BCUT2D eigenvalue weighted by atomic mass is 127. The van der Waals surface area contributed by atoms with Crippen LogP contribution in [0.1, 0.15) is 43.1 Å². The first-order chi connectivity index (χ1) is 15.1. The number of aliphatic imine (C=N–C) groups is 1. The maximum atomic E-state index is 12.4. The van der Waals surface area contributed by atoms with E-state index in [1.807, 2.05) is 37.3 Å². The Morgan fingerprint density at radius 1 is 1.12 bits per heavy atom. The van der Waals surface area contributed by atoms with E-state index in [0.717, 1.165) is 56.6 Å². The van der Waals surface area contributed by atoms with Crippen LogP contribution in [0.4, 0.5) is 5.95 Å². The van der Waals surface area contributed by atoms with Gasteiger partial charge < -0.3 is 20.4 Å². The molecule has 1 aliphatic rings. The molecule has 174 valence electrons. The lowest BCUT2D eigenvalue weighted by atomic mass is 10.1. The number of aromatic nitrogens is 2. The van der Waals surface area contributed by atoms with Crippen LogP contribution in [0.15, 0.2) is 47.7 Å². The molecule has 0 aliphatic carbocycles. The third-order valence-corrected chi connectivity index (χ3v) is 5.34. The van der Waals surface area contributed by atoms with Gasteiger partial charge in [0.15, 0.2) is 5.96 Å². The van der Waals surface area contributed by atoms with E-state index in [1.54, 1.807) is 12.4 Å². The van der Waals surface area contributed by atoms with Crippen LogP contribution in [0.5, 0.6) is 0 Å². The number of nitrogens with zero attached hydrogens (tertiary/aromatic N) is 5. The summed E-state index contributed by atoms with van der Waals surface area (Å²) in [5.41, 5.74) is 1.69. The Balaban J connectivity index is 0.00000363. The van der Waals surface area contributed by atoms with E-state index in [1.165, 1.54) is 0 Å². The number of guanidine groups is 1. The van der Waals surface area contributed by atoms with Crippen LogP contribution < -0.4 is 15.5 Å². The highest BCUT2D eigenvalue weighted by Gasteiger charge is 2.21. The van der Waals surface area contributed by atoms with E-state index in [0.29, 0.717) is 12.1 Å². The highest BCUT2D eigenvalue weighted by molar-refractivity contribution is 14.0. The van der Waals surface area contributed by atoms with Crippen molar-refractivity contribution in [2.75, 3.05) is 37.6 Å². The summed E-state index contributed by atoms with van der Waals surface area (Å²) in [7, 11) is 0. The fourth-order valence-electron chi connectivity index (χ4n) is 3.38. The molecule has 32 heavy (non-hydrogen) atoms. The molecule has 3 rings (SSSR count). The number of carbonyl (C=O) groups is 1. The van der Waals surface area contributed by atoms with Crippen molar-refractivity contribution >= 4 is 41.8 Å². The first-order valence-corrected chi connectivity index (χ1v) is 11.1. The van der Waals surface area contributed by atoms with Gasteiger partial charge in [0, 0.05) is 56.7 Å². The van der Waals surface area contributed by atoms with Crippen LogP contribution >= 0.6 is 24.0 Å². The number of piperazine rings is 1. The molecular formula is C23H34IN7O. The minimum atomic E-state index is -0.0358. The quantitative estimate of drug-likeness (QED) is 0.313. The maximum Gasteiger partial charge on any atom is 0.251 e. The molecule has 1 atom stereocenters. The number of nitrogens with one attached hydrogen (secondary N) is 2. The highest BCUT2D eigenvalue weighted by Crippen LogP contribution is 2.11. The molecule has 8 nitrogen and oxygen atoms in total. The number of benzene rings is 1. The van der Waals surface area contributed by atoms with Crippen LogP contribution in [0.2, 0.25) is 0 Å². The standard InChI is InChI=1S/C23H33N7O.HI/c1-4-18(3)28-21(31)20-9-6-8-19(16-20)17-27-22(24-5-2)29-12-14-30(15-13-29)23-25-10-7-11-26-23;/h6-11,16,18H,4-5,12-15,17H2,1-3H3,(H,24,27)(H,28,31);1H. The molecule has 0 radical (unpaired) electrons. The molecule has 1 amide bonds. The second-order valence-electron chi connectivity index (χ2n) is 7.68. The predicted octanol–water partition coefficient (Wildman–Crippen LogP) is 2.91. The Morgan fingerprint density at radius 3 is 2.50 bits per heavy atom. The third kappa shape index (κ3) is 7.32. The number of anilines is 1. The molecule has 1 aromatic heterocycles. The summed E-state index contributed by atoms with van der Waals surface area (Å²) >= 11 is 0. The number of halogens is 1. The van der Waals surface area contributed by atoms with Crippen molar-refractivity contribution in [2.45, 2.75) is 39.8 Å². The van der Waals surface area contributed by atoms with Crippen LogP contribution in [-0.2, 0) is 6.54 Å². The number of carbonyl (C=O) groups excluding carboxylic acids is 1. The molecule has 2 N–H and O–H groups in total. The Kier molecular flexibility index (Phi) is 10.6. The monoisotopic (exact) mass is 551 g/mol. The van der Waals surface area contributed by atoms with E-state index < -0.39 is 0 Å². The number of hydrogen-bond acceptors (Lipinski definition) is 5. The van der Waals surface area contributed by atoms with Crippen molar-refractivity contribution in [3.05, 3.63) is 53.9 Å². The number of amides is 1. The zero-order valence-electron chi connectivity index (χ0n) is 19.1. The molecule has 1 unspecified atom stereocenters. The fourth-order valence-corrected chi connectivity index (χ4v) is 3.38. The van der Waals surface area contributed by atoms with Crippen molar-refractivity contribution in [1.29, 1.82) is 0 Å². The van der Waals surface area contributed by atoms with Crippen LogP contribution in [0.25, 0.3) is 0 Å². The summed E-state index contributed by atoms with van der Waals surface area (Å²) in [6.07, 6.45) is 4.46. The SMILES string of the molecule is CCNC(=NCc1cccc(C(=O)NC(C)CC)c1)N1CCN(c2ncccn2)CC1.I. The van der Waals surface area contributed by atoms with Gasteiger partial charge in [0.25, 0.3) is 5.91 Å². The first-order valence-electron chi connectivity index (χ1n) is 11.1. The van der Waals surface area contributed by atoms with Gasteiger partial charge in [-0.05, 0) is 44.0 Å². The molecular weight excluding hydrogens is 517 g/mol. The van der Waals surface area contributed by atoms with Gasteiger partial charge in [-0.3, -0.25) is 4.79 Å². The molecule has 9 heteroatoms. The summed E-state index contributed by atoms with van der Waals surface area (Å²) < 4.78 is 0. The molecule has 1 fully saturated rings. The summed E-state index contributed by atoms with van der Waals surface area (Å²) in [5.74, 6) is 1.63. The molecule has 2 heterocycles. The van der Waals surface area contributed by atoms with E-state index in [4.69, 9.17) is 4.99 Å². The first kappa shape index (κ1) is 25.8. The zero-order valence-corrected chi connectivity index (χ0v) is 21.5. The summed E-state index contributed by atoms with van der Waals surface area (Å²) in [6, 6.07) is 9.70. The van der Waals surface area contributed by atoms with Gasteiger partial charge >= 0.3 is 0 Å². The van der Waals surface area contributed by atoms with Crippen molar-refractivity contribution < 1.29 is 4.79 Å². The van der Waals surface area contributed by atoms with Gasteiger partial charge in [-0.2, -0.15) is 0 Å². The lowest BCUT2D eigenvalue weighted by Gasteiger charge is -2.36. The molecule has 1 saturated heterocycles. The topological polar surface area (TPSA) is 85.8 Å². The Hall–Kier alpha value is -2.43. The second-order valence-corrected chi connectivity index (χ2v) is 7.68. The Bertz CT molecular complexity index is 870. The van der Waals surface area contributed by atoms with Gasteiger partial charge in [0.05, 0.1) is 6.54 Å². The molecule has 0 saturated carbocycles.